The monoisotopic (exact) mass is 351 g/mol. The molecule has 1 aliphatic carbocycles. The fourth-order valence-corrected chi connectivity index (χ4v) is 2.65. The summed E-state index contributed by atoms with van der Waals surface area (Å²) in [5.41, 5.74) is -0.547. The first-order valence-corrected chi connectivity index (χ1v) is 7.34. The fourth-order valence-electron chi connectivity index (χ4n) is 2.28. The number of hydrogen-bond acceptors (Lipinski definition) is 5. The maximum Gasteiger partial charge on any atom is 0.340 e. The van der Waals surface area contributed by atoms with E-state index in [0.29, 0.717) is 17.3 Å². The van der Waals surface area contributed by atoms with E-state index in [1.165, 1.54) is 6.20 Å². The topological polar surface area (TPSA) is 92.1 Å². The van der Waals surface area contributed by atoms with Crippen molar-refractivity contribution < 1.29 is 14.3 Å². The molecule has 1 aromatic heterocycles. The molecule has 0 aromatic carbocycles. The van der Waals surface area contributed by atoms with Crippen molar-refractivity contribution in [3.05, 3.63) is 28.5 Å². The first kappa shape index (κ1) is 15.4. The zero-order valence-electron chi connectivity index (χ0n) is 11.3. The van der Waals surface area contributed by atoms with Crippen LogP contribution in [0.3, 0.4) is 0 Å². The largest absolute Gasteiger partial charge is 0.452 e. The van der Waals surface area contributed by atoms with Crippen molar-refractivity contribution in [1.29, 1.82) is 5.26 Å². The maximum atomic E-state index is 11.8. The summed E-state index contributed by atoms with van der Waals surface area (Å²) in [5, 5.41) is 11.8. The molecule has 1 aromatic rings. The summed E-state index contributed by atoms with van der Waals surface area (Å²) < 4.78 is 5.57. The van der Waals surface area contributed by atoms with Crippen LogP contribution in [0.2, 0.25) is 0 Å². The molecule has 0 radical (unpaired) electrons. The van der Waals surface area contributed by atoms with Gasteiger partial charge in [-0.3, -0.25) is 9.78 Å². The molecule has 1 heterocycles. The van der Waals surface area contributed by atoms with Crippen LogP contribution in [0.1, 0.15) is 36.0 Å². The Morgan fingerprint density at radius 3 is 2.76 bits per heavy atom. The number of esters is 1. The van der Waals surface area contributed by atoms with E-state index in [9.17, 15) is 9.59 Å². The summed E-state index contributed by atoms with van der Waals surface area (Å²) in [6.45, 7) is -0.408. The Kier molecular flexibility index (Phi) is 4.91. The Labute approximate surface area is 130 Å². The standard InChI is InChI=1S/C14H14BrN3O3/c15-11-5-10(6-17-7-11)13(20)21-8-12(19)18-14(9-16)3-1-2-4-14/h5-7H,1-4,8H2,(H,18,19). The number of halogens is 1. The number of nitrogens with zero attached hydrogens (tertiary/aromatic N) is 2. The molecule has 1 fully saturated rings. The molecule has 110 valence electrons. The van der Waals surface area contributed by atoms with Crippen LogP contribution in [-0.2, 0) is 9.53 Å². The number of nitriles is 1. The highest BCUT2D eigenvalue weighted by Gasteiger charge is 2.35. The molecular weight excluding hydrogens is 338 g/mol. The van der Waals surface area contributed by atoms with Crippen molar-refractivity contribution in [3.63, 3.8) is 0 Å². The number of aromatic nitrogens is 1. The lowest BCUT2D eigenvalue weighted by Crippen LogP contribution is -2.46. The van der Waals surface area contributed by atoms with Crippen LogP contribution < -0.4 is 5.32 Å². The lowest BCUT2D eigenvalue weighted by atomic mass is 10.00. The second kappa shape index (κ2) is 6.68. The van der Waals surface area contributed by atoms with Crippen LogP contribution >= 0.6 is 15.9 Å². The third-order valence-corrected chi connectivity index (χ3v) is 3.76. The van der Waals surface area contributed by atoms with E-state index < -0.39 is 24.0 Å². The summed E-state index contributed by atoms with van der Waals surface area (Å²) in [5.74, 6) is -1.09. The zero-order valence-corrected chi connectivity index (χ0v) is 12.9. The lowest BCUT2D eigenvalue weighted by Gasteiger charge is -2.21. The molecule has 1 saturated carbocycles. The molecular formula is C14H14BrN3O3. The number of carbonyl (C=O) groups excluding carboxylic acids is 2. The van der Waals surface area contributed by atoms with Crippen LogP contribution in [0, 0.1) is 11.3 Å². The number of pyridine rings is 1. The lowest BCUT2D eigenvalue weighted by molar-refractivity contribution is -0.125. The molecule has 1 aliphatic rings. The van der Waals surface area contributed by atoms with Gasteiger partial charge >= 0.3 is 5.97 Å². The summed E-state index contributed by atoms with van der Waals surface area (Å²) >= 11 is 3.20. The van der Waals surface area contributed by atoms with Gasteiger partial charge in [-0.1, -0.05) is 0 Å². The predicted octanol–water partition coefficient (Wildman–Crippen LogP) is 1.95. The van der Waals surface area contributed by atoms with E-state index >= 15 is 0 Å². The van der Waals surface area contributed by atoms with Gasteiger partial charge in [0.2, 0.25) is 0 Å². The van der Waals surface area contributed by atoms with Gasteiger partial charge in [0.25, 0.3) is 5.91 Å². The summed E-state index contributed by atoms with van der Waals surface area (Å²) in [4.78, 5) is 27.4. The molecule has 21 heavy (non-hydrogen) atoms. The molecule has 0 atom stereocenters. The first-order valence-electron chi connectivity index (χ1n) is 6.55. The Morgan fingerprint density at radius 1 is 1.43 bits per heavy atom. The molecule has 0 aliphatic heterocycles. The van der Waals surface area contributed by atoms with Gasteiger partial charge in [0.05, 0.1) is 11.6 Å². The van der Waals surface area contributed by atoms with Crippen LogP contribution in [0.5, 0.6) is 0 Å². The average Bonchev–Trinajstić information content (AvgIpc) is 2.94. The van der Waals surface area contributed by atoms with E-state index in [1.54, 1.807) is 12.3 Å². The number of amides is 1. The molecule has 1 N–H and O–H groups in total. The molecule has 6 nitrogen and oxygen atoms in total. The van der Waals surface area contributed by atoms with Gasteiger partial charge in [0.15, 0.2) is 6.61 Å². The van der Waals surface area contributed by atoms with Gasteiger partial charge in [0, 0.05) is 16.9 Å². The van der Waals surface area contributed by atoms with E-state index in [1.807, 2.05) is 0 Å². The van der Waals surface area contributed by atoms with Crippen LogP contribution in [0.4, 0.5) is 0 Å². The normalized spacial score (nSPS) is 16.0. The number of rotatable bonds is 4. The third-order valence-electron chi connectivity index (χ3n) is 3.32. The first-order chi connectivity index (χ1) is 10.0. The Hall–Kier alpha value is -1.94. The van der Waals surface area contributed by atoms with Crippen molar-refractivity contribution in [1.82, 2.24) is 10.3 Å². The van der Waals surface area contributed by atoms with Crippen LogP contribution in [0.25, 0.3) is 0 Å². The van der Waals surface area contributed by atoms with Crippen molar-refractivity contribution in [2.75, 3.05) is 6.61 Å². The Bertz CT molecular complexity index is 591. The van der Waals surface area contributed by atoms with E-state index in [-0.39, 0.29) is 5.56 Å². The van der Waals surface area contributed by atoms with Crippen molar-refractivity contribution in [3.8, 4) is 6.07 Å². The molecule has 0 bridgehead atoms. The fraction of sp³-hybridized carbons (Fsp3) is 0.429. The Morgan fingerprint density at radius 2 is 2.14 bits per heavy atom. The second-order valence-electron chi connectivity index (χ2n) is 4.92. The van der Waals surface area contributed by atoms with Crippen LogP contribution in [0.15, 0.2) is 22.9 Å². The minimum atomic E-state index is -0.805. The summed E-state index contributed by atoms with van der Waals surface area (Å²) in [6, 6.07) is 3.70. The zero-order chi connectivity index (χ0) is 15.3. The quantitative estimate of drug-likeness (QED) is 0.837. The van der Waals surface area contributed by atoms with Gasteiger partial charge in [-0.05, 0) is 47.7 Å². The molecule has 0 spiro atoms. The van der Waals surface area contributed by atoms with Crippen LogP contribution in [-0.4, -0.2) is 29.0 Å². The minimum absolute atomic E-state index is 0.257. The molecule has 1 amide bonds. The number of hydrogen-bond donors (Lipinski definition) is 1. The van der Waals surface area contributed by atoms with E-state index in [2.05, 4.69) is 32.3 Å². The summed E-state index contributed by atoms with van der Waals surface area (Å²) in [6.07, 6.45) is 6.01. The van der Waals surface area contributed by atoms with Crippen molar-refractivity contribution in [2.45, 2.75) is 31.2 Å². The molecule has 7 heteroatoms. The number of nitrogens with one attached hydrogen (secondary N) is 1. The molecule has 0 saturated heterocycles. The third kappa shape index (κ3) is 4.02. The van der Waals surface area contributed by atoms with Crippen molar-refractivity contribution >= 4 is 27.8 Å². The highest BCUT2D eigenvalue weighted by atomic mass is 79.9. The highest BCUT2D eigenvalue weighted by molar-refractivity contribution is 9.10. The maximum absolute atomic E-state index is 11.8. The van der Waals surface area contributed by atoms with E-state index in [4.69, 9.17) is 10.00 Å². The molecule has 2 rings (SSSR count). The Balaban J connectivity index is 1.87. The van der Waals surface area contributed by atoms with Gasteiger partial charge < -0.3 is 10.1 Å². The van der Waals surface area contributed by atoms with E-state index in [0.717, 1.165) is 12.8 Å². The van der Waals surface area contributed by atoms with Gasteiger partial charge in [-0.25, -0.2) is 4.79 Å². The highest BCUT2D eigenvalue weighted by Crippen LogP contribution is 2.28. The minimum Gasteiger partial charge on any atom is -0.452 e. The summed E-state index contributed by atoms with van der Waals surface area (Å²) in [7, 11) is 0. The van der Waals surface area contributed by atoms with Gasteiger partial charge in [-0.15, -0.1) is 0 Å². The second-order valence-corrected chi connectivity index (χ2v) is 5.83. The van der Waals surface area contributed by atoms with Gasteiger partial charge in [-0.2, -0.15) is 5.26 Å². The average molecular weight is 352 g/mol. The molecule has 0 unspecified atom stereocenters. The predicted molar refractivity (Wildman–Crippen MR) is 77.2 cm³/mol. The SMILES string of the molecule is N#CC1(NC(=O)COC(=O)c2cncc(Br)c2)CCCC1. The number of carbonyl (C=O) groups is 2. The smallest absolute Gasteiger partial charge is 0.340 e. The number of ether oxygens (including phenoxy) is 1. The van der Waals surface area contributed by atoms with Gasteiger partial charge in [0.1, 0.15) is 5.54 Å². The van der Waals surface area contributed by atoms with Crippen molar-refractivity contribution in [2.24, 2.45) is 0 Å².